The van der Waals surface area contributed by atoms with Crippen molar-refractivity contribution in [3.8, 4) is 5.75 Å². The van der Waals surface area contributed by atoms with E-state index in [0.717, 1.165) is 56.1 Å². The molecule has 0 aliphatic heterocycles. The quantitative estimate of drug-likeness (QED) is 0.539. The summed E-state index contributed by atoms with van der Waals surface area (Å²) >= 11 is 0. The summed E-state index contributed by atoms with van der Waals surface area (Å²) in [5.41, 5.74) is 1.20. The van der Waals surface area contributed by atoms with Crippen molar-refractivity contribution in [1.82, 2.24) is 10.6 Å². The highest BCUT2D eigenvalue weighted by molar-refractivity contribution is 7.85. The van der Waals surface area contributed by atoms with Crippen LogP contribution in [0.1, 0.15) is 45.1 Å². The Morgan fingerprint density at radius 1 is 1.31 bits per heavy atom. The zero-order valence-corrected chi connectivity index (χ0v) is 17.1. The third-order valence-electron chi connectivity index (χ3n) is 4.81. The van der Waals surface area contributed by atoms with Crippen molar-refractivity contribution in [2.24, 2.45) is 4.99 Å². The monoisotopic (exact) mass is 379 g/mol. The summed E-state index contributed by atoms with van der Waals surface area (Å²) in [6.45, 7) is 5.48. The van der Waals surface area contributed by atoms with Gasteiger partial charge in [0.25, 0.3) is 0 Å². The van der Waals surface area contributed by atoms with E-state index in [1.54, 1.807) is 7.05 Å². The van der Waals surface area contributed by atoms with Gasteiger partial charge in [-0.05, 0) is 44.2 Å². The van der Waals surface area contributed by atoms with Crippen molar-refractivity contribution in [2.45, 2.75) is 57.2 Å². The third-order valence-corrected chi connectivity index (χ3v) is 6.55. The molecule has 5 nitrogen and oxygen atoms in total. The first-order chi connectivity index (χ1) is 12.7. The Labute approximate surface area is 160 Å². The number of nitrogens with one attached hydrogen (secondary N) is 2. The molecule has 0 aromatic heterocycles. The van der Waals surface area contributed by atoms with Crippen LogP contribution in [0.4, 0.5) is 0 Å². The van der Waals surface area contributed by atoms with Gasteiger partial charge in [-0.25, -0.2) is 0 Å². The molecule has 0 bridgehead atoms. The van der Waals surface area contributed by atoms with Crippen molar-refractivity contribution in [1.29, 1.82) is 0 Å². The van der Waals surface area contributed by atoms with Crippen molar-refractivity contribution in [3.05, 3.63) is 29.8 Å². The van der Waals surface area contributed by atoms with Crippen molar-refractivity contribution in [3.63, 3.8) is 0 Å². The lowest BCUT2D eigenvalue weighted by molar-refractivity contribution is 0.336. The maximum absolute atomic E-state index is 12.1. The molecule has 3 atom stereocenters. The SMILES string of the molecule is CCOc1ccccc1CCNC(=NC)NC1CCCC(S(=O)CC)C1. The summed E-state index contributed by atoms with van der Waals surface area (Å²) in [5.74, 6) is 2.53. The van der Waals surface area contributed by atoms with Gasteiger partial charge < -0.3 is 15.4 Å². The van der Waals surface area contributed by atoms with Crippen LogP contribution in [0.15, 0.2) is 29.3 Å². The zero-order valence-electron chi connectivity index (χ0n) is 16.3. The molecule has 26 heavy (non-hydrogen) atoms. The Balaban J connectivity index is 1.82. The van der Waals surface area contributed by atoms with Gasteiger partial charge in [0, 0.05) is 41.4 Å². The standard InChI is InChI=1S/C20H33N3O2S/c1-4-25-19-12-7-6-9-16(19)13-14-22-20(21-3)23-17-10-8-11-18(15-17)26(24)5-2/h6-7,9,12,17-18H,4-5,8,10-11,13-15H2,1-3H3,(H2,21,22,23). The Morgan fingerprint density at radius 3 is 2.85 bits per heavy atom. The Morgan fingerprint density at radius 2 is 2.12 bits per heavy atom. The lowest BCUT2D eigenvalue weighted by Crippen LogP contribution is -2.47. The molecule has 2 N–H and O–H groups in total. The number of benzene rings is 1. The van der Waals surface area contributed by atoms with Gasteiger partial charge in [-0.15, -0.1) is 0 Å². The van der Waals surface area contributed by atoms with Crippen LogP contribution in [0.3, 0.4) is 0 Å². The van der Waals surface area contributed by atoms with E-state index in [1.807, 2.05) is 32.0 Å². The van der Waals surface area contributed by atoms with Gasteiger partial charge in [-0.3, -0.25) is 9.20 Å². The minimum absolute atomic E-state index is 0.322. The van der Waals surface area contributed by atoms with Crippen molar-refractivity contribution >= 4 is 16.8 Å². The Kier molecular flexibility index (Phi) is 8.95. The number of nitrogens with zero attached hydrogens (tertiary/aromatic N) is 1. The van der Waals surface area contributed by atoms with Crippen LogP contribution in [-0.4, -0.2) is 47.4 Å². The van der Waals surface area contributed by atoms with E-state index in [9.17, 15) is 4.21 Å². The van der Waals surface area contributed by atoms with Crippen LogP contribution in [-0.2, 0) is 17.2 Å². The van der Waals surface area contributed by atoms with Crippen molar-refractivity contribution < 1.29 is 8.95 Å². The maximum atomic E-state index is 12.1. The first kappa shape index (κ1) is 20.7. The second-order valence-corrected chi connectivity index (χ2v) is 8.59. The minimum Gasteiger partial charge on any atom is -0.494 e. The highest BCUT2D eigenvalue weighted by Crippen LogP contribution is 2.23. The molecular formula is C20H33N3O2S. The molecule has 146 valence electrons. The molecule has 0 amide bonds. The van der Waals surface area contributed by atoms with E-state index in [-0.39, 0.29) is 0 Å². The molecule has 1 fully saturated rings. The molecule has 1 aliphatic carbocycles. The predicted octanol–water partition coefficient (Wildman–Crippen LogP) is 2.87. The molecule has 0 radical (unpaired) electrons. The lowest BCUT2D eigenvalue weighted by atomic mass is 9.95. The van der Waals surface area contributed by atoms with Crippen LogP contribution in [0.2, 0.25) is 0 Å². The average Bonchev–Trinajstić information content (AvgIpc) is 2.68. The summed E-state index contributed by atoms with van der Waals surface area (Å²) in [4.78, 5) is 4.35. The zero-order chi connectivity index (χ0) is 18.8. The van der Waals surface area contributed by atoms with E-state index in [1.165, 1.54) is 5.56 Å². The summed E-state index contributed by atoms with van der Waals surface area (Å²) in [7, 11) is 1.10. The van der Waals surface area contributed by atoms with Gasteiger partial charge in [0.1, 0.15) is 5.75 Å². The molecule has 1 aliphatic rings. The molecule has 1 aromatic rings. The molecule has 1 aromatic carbocycles. The van der Waals surface area contributed by atoms with Gasteiger partial charge in [-0.2, -0.15) is 0 Å². The van der Waals surface area contributed by atoms with Gasteiger partial charge in [-0.1, -0.05) is 31.5 Å². The summed E-state index contributed by atoms with van der Waals surface area (Å²) in [6.07, 6.45) is 5.18. The fourth-order valence-corrected chi connectivity index (χ4v) is 4.81. The van der Waals surface area contributed by atoms with Crippen LogP contribution >= 0.6 is 0 Å². The number of hydrogen-bond acceptors (Lipinski definition) is 3. The number of rotatable bonds is 8. The highest BCUT2D eigenvalue weighted by Gasteiger charge is 2.25. The van der Waals surface area contributed by atoms with Gasteiger partial charge in [0.05, 0.1) is 6.61 Å². The molecule has 2 rings (SSSR count). The molecule has 6 heteroatoms. The van der Waals surface area contributed by atoms with Gasteiger partial charge in [0.15, 0.2) is 5.96 Å². The smallest absolute Gasteiger partial charge is 0.191 e. The predicted molar refractivity (Wildman–Crippen MR) is 111 cm³/mol. The topological polar surface area (TPSA) is 62.7 Å². The van der Waals surface area contributed by atoms with E-state index < -0.39 is 10.8 Å². The largest absolute Gasteiger partial charge is 0.494 e. The molecule has 0 heterocycles. The Bertz CT molecular complexity index is 606. The van der Waals surface area contributed by atoms with E-state index in [0.29, 0.717) is 17.9 Å². The lowest BCUT2D eigenvalue weighted by Gasteiger charge is -2.30. The fraction of sp³-hybridized carbons (Fsp3) is 0.650. The van der Waals surface area contributed by atoms with Crippen LogP contribution < -0.4 is 15.4 Å². The number of hydrogen-bond donors (Lipinski definition) is 2. The maximum Gasteiger partial charge on any atom is 0.191 e. The number of para-hydroxylation sites is 1. The second-order valence-electron chi connectivity index (χ2n) is 6.59. The molecule has 3 unspecified atom stereocenters. The highest BCUT2D eigenvalue weighted by atomic mass is 32.2. The first-order valence-electron chi connectivity index (χ1n) is 9.73. The molecule has 0 spiro atoms. The normalized spacial score (nSPS) is 21.9. The van der Waals surface area contributed by atoms with Crippen LogP contribution in [0.5, 0.6) is 5.75 Å². The minimum atomic E-state index is -0.700. The summed E-state index contributed by atoms with van der Waals surface area (Å²) in [5, 5.41) is 7.24. The average molecular weight is 380 g/mol. The summed E-state index contributed by atoms with van der Waals surface area (Å²) in [6, 6.07) is 8.52. The second kappa shape index (κ2) is 11.2. The molecular weight excluding hydrogens is 346 g/mol. The van der Waals surface area contributed by atoms with E-state index >= 15 is 0 Å². The van der Waals surface area contributed by atoms with E-state index in [2.05, 4.69) is 21.7 Å². The number of ether oxygens (including phenoxy) is 1. The fourth-order valence-electron chi connectivity index (χ4n) is 3.46. The number of guanidine groups is 1. The van der Waals surface area contributed by atoms with Gasteiger partial charge in [0.2, 0.25) is 0 Å². The molecule has 0 saturated heterocycles. The molecule has 1 saturated carbocycles. The van der Waals surface area contributed by atoms with Gasteiger partial charge >= 0.3 is 0 Å². The Hall–Kier alpha value is -1.56. The van der Waals surface area contributed by atoms with E-state index in [4.69, 9.17) is 4.74 Å². The van der Waals surface area contributed by atoms with Crippen molar-refractivity contribution in [2.75, 3.05) is 26.0 Å². The third kappa shape index (κ3) is 6.31. The first-order valence-corrected chi connectivity index (χ1v) is 11.1. The van der Waals surface area contributed by atoms with Crippen LogP contribution in [0.25, 0.3) is 0 Å². The van der Waals surface area contributed by atoms with Crippen LogP contribution in [0, 0.1) is 0 Å². The summed E-state index contributed by atoms with van der Waals surface area (Å²) < 4.78 is 17.8. The number of aliphatic imine (C=N–C) groups is 1.